The summed E-state index contributed by atoms with van der Waals surface area (Å²) in [6.45, 7) is 7.49. The van der Waals surface area contributed by atoms with Crippen LogP contribution in [0, 0.1) is 5.92 Å². The quantitative estimate of drug-likeness (QED) is 0.384. The van der Waals surface area contributed by atoms with E-state index in [2.05, 4.69) is 59.5 Å². The molecule has 2 heterocycles. The number of piperidine rings is 1. The molecule has 0 radical (unpaired) electrons. The van der Waals surface area contributed by atoms with E-state index in [0.717, 1.165) is 38.3 Å². The summed E-state index contributed by atoms with van der Waals surface area (Å²) in [6, 6.07) is 27.1. The normalized spacial score (nSPS) is 21.3. The van der Waals surface area contributed by atoms with Gasteiger partial charge in [0.25, 0.3) is 5.91 Å². The maximum Gasteiger partial charge on any atom is 0.260 e. The van der Waals surface area contributed by atoms with Gasteiger partial charge in [-0.3, -0.25) is 9.69 Å². The summed E-state index contributed by atoms with van der Waals surface area (Å²) >= 11 is 0. The van der Waals surface area contributed by atoms with Gasteiger partial charge in [-0.2, -0.15) is 0 Å². The summed E-state index contributed by atoms with van der Waals surface area (Å²) in [5.41, 5.74) is 2.64. The van der Waals surface area contributed by atoms with Crippen molar-refractivity contribution in [2.75, 3.05) is 33.4 Å². The molecule has 1 amide bonds. The molecule has 6 heteroatoms. The molecule has 0 bridgehead atoms. The Morgan fingerprint density at radius 2 is 1.63 bits per heavy atom. The number of benzene rings is 3. The summed E-state index contributed by atoms with van der Waals surface area (Å²) in [6.07, 6.45) is 1.11. The lowest BCUT2D eigenvalue weighted by Gasteiger charge is -2.39. The van der Waals surface area contributed by atoms with Gasteiger partial charge in [0, 0.05) is 44.1 Å². The monoisotopic (exact) mass is 514 g/mol. The average Bonchev–Trinajstić information content (AvgIpc) is 3.30. The predicted octanol–water partition coefficient (Wildman–Crippen LogP) is 5.38. The van der Waals surface area contributed by atoms with Crippen molar-refractivity contribution in [3.63, 3.8) is 0 Å². The number of likely N-dealkylation sites (tertiary alicyclic amines) is 2. The van der Waals surface area contributed by atoms with Crippen molar-refractivity contribution in [3.8, 4) is 17.2 Å². The second kappa shape index (κ2) is 11.9. The van der Waals surface area contributed by atoms with Gasteiger partial charge < -0.3 is 19.1 Å². The van der Waals surface area contributed by atoms with Gasteiger partial charge in [-0.25, -0.2) is 0 Å². The van der Waals surface area contributed by atoms with Crippen LogP contribution in [0.1, 0.15) is 37.3 Å². The second-order valence-electron chi connectivity index (χ2n) is 10.6. The first-order valence-corrected chi connectivity index (χ1v) is 13.6. The van der Waals surface area contributed by atoms with Crippen LogP contribution >= 0.6 is 0 Å². The molecular weight excluding hydrogens is 476 g/mol. The van der Waals surface area contributed by atoms with Gasteiger partial charge in [0.1, 0.15) is 5.75 Å². The Kier molecular flexibility index (Phi) is 8.18. The number of rotatable bonds is 9. The van der Waals surface area contributed by atoms with Crippen LogP contribution in [0.15, 0.2) is 78.9 Å². The summed E-state index contributed by atoms with van der Waals surface area (Å²) < 4.78 is 17.1. The Balaban J connectivity index is 1.31. The number of carbonyl (C=O) groups excluding carboxylic acids is 1. The first-order chi connectivity index (χ1) is 18.5. The van der Waals surface area contributed by atoms with Crippen molar-refractivity contribution in [3.05, 3.63) is 90.0 Å². The third kappa shape index (κ3) is 5.97. The zero-order chi connectivity index (χ0) is 26.5. The number of hydrogen-bond acceptors (Lipinski definition) is 5. The number of para-hydroxylation sites is 2. The topological polar surface area (TPSA) is 51.2 Å². The molecule has 5 rings (SSSR count). The molecule has 0 N–H and O–H groups in total. The third-order valence-electron chi connectivity index (χ3n) is 7.72. The number of ether oxygens (including phenoxy) is 3. The van der Waals surface area contributed by atoms with E-state index in [0.29, 0.717) is 29.4 Å². The Bertz CT molecular complexity index is 1200. The molecule has 2 saturated heterocycles. The largest absolute Gasteiger partial charge is 0.493 e. The van der Waals surface area contributed by atoms with Crippen LogP contribution in [-0.2, 0) is 11.3 Å². The minimum absolute atomic E-state index is 0.0113. The van der Waals surface area contributed by atoms with E-state index in [1.54, 1.807) is 7.11 Å². The standard InChI is InChI=1S/C32H38N2O4/c1-23(2)38-26-15-13-25(14-16-26)27-20-34(19-24-9-5-4-6-10-24)29-17-18-33(21-28(27)29)32(35)22-37-31-12-8-7-11-30(31)36-3/h4-16,23,27-29H,17-22H2,1-3H3/t27-,28-,29-/m1/s1. The maximum atomic E-state index is 13.3. The molecule has 2 aliphatic rings. The number of fused-ring (bicyclic) bond motifs is 1. The van der Waals surface area contributed by atoms with E-state index in [1.165, 1.54) is 11.1 Å². The third-order valence-corrected chi connectivity index (χ3v) is 7.72. The van der Waals surface area contributed by atoms with Crippen LogP contribution in [-0.4, -0.2) is 61.2 Å². The maximum absolute atomic E-state index is 13.3. The smallest absolute Gasteiger partial charge is 0.260 e. The van der Waals surface area contributed by atoms with Gasteiger partial charge in [-0.1, -0.05) is 54.6 Å². The highest BCUT2D eigenvalue weighted by Crippen LogP contribution is 2.42. The van der Waals surface area contributed by atoms with Gasteiger partial charge in [-0.05, 0) is 55.7 Å². The molecular formula is C32H38N2O4. The van der Waals surface area contributed by atoms with Crippen LogP contribution in [0.2, 0.25) is 0 Å². The van der Waals surface area contributed by atoms with Gasteiger partial charge in [0.05, 0.1) is 13.2 Å². The van der Waals surface area contributed by atoms with Crippen molar-refractivity contribution >= 4 is 5.91 Å². The summed E-state index contributed by atoms with van der Waals surface area (Å²) in [4.78, 5) is 17.9. The summed E-state index contributed by atoms with van der Waals surface area (Å²) in [5, 5.41) is 0. The Morgan fingerprint density at radius 1 is 0.921 bits per heavy atom. The molecule has 3 aromatic carbocycles. The Hall–Kier alpha value is -3.51. The minimum Gasteiger partial charge on any atom is -0.493 e. The molecule has 2 aliphatic heterocycles. The SMILES string of the molecule is COc1ccccc1OCC(=O)N1CC[C@@H]2[C@H](C1)[C@@H](c1ccc(OC(C)C)cc1)CN2Cc1ccccc1. The van der Waals surface area contributed by atoms with E-state index in [9.17, 15) is 4.79 Å². The first-order valence-electron chi connectivity index (χ1n) is 13.6. The van der Waals surface area contributed by atoms with E-state index in [-0.39, 0.29) is 18.6 Å². The molecule has 3 atom stereocenters. The van der Waals surface area contributed by atoms with Gasteiger partial charge in [0.2, 0.25) is 0 Å². The average molecular weight is 515 g/mol. The molecule has 0 spiro atoms. The molecule has 0 aromatic heterocycles. The van der Waals surface area contributed by atoms with E-state index in [4.69, 9.17) is 14.2 Å². The van der Waals surface area contributed by atoms with E-state index >= 15 is 0 Å². The van der Waals surface area contributed by atoms with Crippen LogP contribution in [0.3, 0.4) is 0 Å². The van der Waals surface area contributed by atoms with E-state index < -0.39 is 0 Å². The zero-order valence-corrected chi connectivity index (χ0v) is 22.6. The highest BCUT2D eigenvalue weighted by molar-refractivity contribution is 5.78. The molecule has 0 saturated carbocycles. The summed E-state index contributed by atoms with van der Waals surface area (Å²) in [5.74, 6) is 2.86. The van der Waals surface area contributed by atoms with Gasteiger partial charge >= 0.3 is 0 Å². The first kappa shape index (κ1) is 26.1. The Morgan fingerprint density at radius 3 is 2.34 bits per heavy atom. The molecule has 6 nitrogen and oxygen atoms in total. The lowest BCUT2D eigenvalue weighted by atomic mass is 9.81. The van der Waals surface area contributed by atoms with Crippen LogP contribution in [0.4, 0.5) is 0 Å². The molecule has 0 unspecified atom stereocenters. The van der Waals surface area contributed by atoms with Gasteiger partial charge in [0.15, 0.2) is 18.1 Å². The number of nitrogens with zero attached hydrogens (tertiary/aromatic N) is 2. The fraction of sp³-hybridized carbons (Fsp3) is 0.406. The fourth-order valence-electron chi connectivity index (χ4n) is 5.96. The lowest BCUT2D eigenvalue weighted by molar-refractivity contribution is -0.135. The highest BCUT2D eigenvalue weighted by atomic mass is 16.5. The number of methoxy groups -OCH3 is 1. The molecule has 38 heavy (non-hydrogen) atoms. The second-order valence-corrected chi connectivity index (χ2v) is 10.6. The number of carbonyl (C=O) groups is 1. The molecule has 2 fully saturated rings. The minimum atomic E-state index is 0.0113. The molecule has 200 valence electrons. The van der Waals surface area contributed by atoms with Gasteiger partial charge in [-0.15, -0.1) is 0 Å². The lowest BCUT2D eigenvalue weighted by Crippen LogP contribution is -2.49. The van der Waals surface area contributed by atoms with Crippen molar-refractivity contribution in [2.24, 2.45) is 5.92 Å². The molecule has 3 aromatic rings. The fourth-order valence-corrected chi connectivity index (χ4v) is 5.96. The van der Waals surface area contributed by atoms with Crippen molar-refractivity contribution in [2.45, 2.75) is 44.9 Å². The van der Waals surface area contributed by atoms with Crippen molar-refractivity contribution in [1.82, 2.24) is 9.80 Å². The van der Waals surface area contributed by atoms with Crippen molar-refractivity contribution in [1.29, 1.82) is 0 Å². The zero-order valence-electron chi connectivity index (χ0n) is 22.6. The van der Waals surface area contributed by atoms with Crippen LogP contribution in [0.5, 0.6) is 17.2 Å². The van der Waals surface area contributed by atoms with Crippen molar-refractivity contribution < 1.29 is 19.0 Å². The Labute approximate surface area is 226 Å². The van der Waals surface area contributed by atoms with E-state index in [1.807, 2.05) is 43.0 Å². The highest BCUT2D eigenvalue weighted by Gasteiger charge is 2.45. The number of hydrogen-bond donors (Lipinski definition) is 0. The number of amides is 1. The predicted molar refractivity (Wildman–Crippen MR) is 149 cm³/mol. The molecule has 0 aliphatic carbocycles. The summed E-state index contributed by atoms with van der Waals surface area (Å²) in [7, 11) is 1.61. The van der Waals surface area contributed by atoms with Crippen LogP contribution < -0.4 is 14.2 Å². The van der Waals surface area contributed by atoms with Crippen LogP contribution in [0.25, 0.3) is 0 Å².